The van der Waals surface area contributed by atoms with Gasteiger partial charge in [-0.2, -0.15) is 0 Å². The lowest BCUT2D eigenvalue weighted by molar-refractivity contribution is -0.142. The average Bonchev–Trinajstić information content (AvgIpc) is 2.54. The van der Waals surface area contributed by atoms with Crippen LogP contribution in [-0.4, -0.2) is 34.4 Å². The molecule has 2 unspecified atom stereocenters. The number of allylic oxidation sites excluding steroid dienone is 6. The molecule has 5 nitrogen and oxygen atoms in total. The van der Waals surface area contributed by atoms with Gasteiger partial charge in [-0.25, -0.2) is 9.59 Å². The number of aliphatic hydroxyl groups excluding tert-OH is 1. The molecular weight excluding hydrogens is 368 g/mol. The van der Waals surface area contributed by atoms with E-state index in [9.17, 15) is 9.59 Å². The topological polar surface area (TPSA) is 83.8 Å². The summed E-state index contributed by atoms with van der Waals surface area (Å²) in [6.45, 7) is 15.5. The number of rotatable bonds is 9. The lowest BCUT2D eigenvalue weighted by Gasteiger charge is -2.10. The van der Waals surface area contributed by atoms with Gasteiger partial charge >= 0.3 is 11.9 Å². The summed E-state index contributed by atoms with van der Waals surface area (Å²) in [6.07, 6.45) is 13.6. The predicted molar refractivity (Wildman–Crippen MR) is 122 cm³/mol. The molecule has 0 spiro atoms. The summed E-state index contributed by atoms with van der Waals surface area (Å²) < 4.78 is 5.12. The van der Waals surface area contributed by atoms with Crippen LogP contribution in [0.25, 0.3) is 0 Å². The summed E-state index contributed by atoms with van der Waals surface area (Å²) in [5.41, 5.74) is 2.63. The Balaban J connectivity index is -0.000000386. The summed E-state index contributed by atoms with van der Waals surface area (Å²) in [7, 11) is 0. The SMILES string of the molecule is C/C=C/C(=O)O.C/C=C/C(=O)OC(C)CCC=C(C)C.CC(C)=CCCC(C)O. The van der Waals surface area contributed by atoms with Crippen LogP contribution in [-0.2, 0) is 14.3 Å². The largest absolute Gasteiger partial charge is 0.478 e. The molecule has 0 aromatic carbocycles. The standard InChI is InChI=1S/C12H20O2.C8H16O.C4H6O2/c1-5-7-12(13)14-11(4)9-6-8-10(2)3;1-7(2)5-4-6-8(3)9;1-2-3-4(5)6/h5,7-8,11H,6,9H2,1-4H3;5,8-9H,4,6H2,1-3H3;2-3H,1H3,(H,5,6)/b7-5+;;3-2+. The van der Waals surface area contributed by atoms with Crippen molar-refractivity contribution in [3.8, 4) is 0 Å². The molecule has 0 saturated heterocycles. The smallest absolute Gasteiger partial charge is 0.330 e. The zero-order valence-corrected chi connectivity index (χ0v) is 19.6. The number of carboxylic acid groups (broad SMARTS) is 1. The molecule has 0 fully saturated rings. The van der Waals surface area contributed by atoms with Gasteiger partial charge in [0.05, 0.1) is 12.2 Å². The van der Waals surface area contributed by atoms with Crippen LogP contribution >= 0.6 is 0 Å². The summed E-state index contributed by atoms with van der Waals surface area (Å²) in [5.74, 6) is -1.14. The van der Waals surface area contributed by atoms with Crippen LogP contribution in [0.1, 0.15) is 81.1 Å². The van der Waals surface area contributed by atoms with Crippen LogP contribution in [0.15, 0.2) is 47.6 Å². The number of carbonyl (C=O) groups excluding carboxylic acids is 1. The summed E-state index contributed by atoms with van der Waals surface area (Å²) in [4.78, 5) is 20.5. The first-order valence-corrected chi connectivity index (χ1v) is 10.1. The number of esters is 1. The highest BCUT2D eigenvalue weighted by atomic mass is 16.5. The Morgan fingerprint density at radius 2 is 1.31 bits per heavy atom. The first kappa shape index (κ1) is 31.6. The molecule has 0 aliphatic carbocycles. The van der Waals surface area contributed by atoms with E-state index in [0.717, 1.165) is 31.8 Å². The first-order valence-electron chi connectivity index (χ1n) is 10.1. The molecule has 29 heavy (non-hydrogen) atoms. The maximum atomic E-state index is 11.0. The molecule has 0 radical (unpaired) electrons. The number of hydrogen-bond donors (Lipinski definition) is 2. The molecule has 168 valence electrons. The highest BCUT2D eigenvalue weighted by Gasteiger charge is 2.04. The lowest BCUT2D eigenvalue weighted by Crippen LogP contribution is -2.12. The molecule has 0 saturated carbocycles. The van der Waals surface area contributed by atoms with Crippen molar-refractivity contribution in [3.63, 3.8) is 0 Å². The molecule has 2 N–H and O–H groups in total. The zero-order chi connectivity index (χ0) is 23.2. The minimum Gasteiger partial charge on any atom is -0.478 e. The second-order valence-corrected chi connectivity index (χ2v) is 7.15. The van der Waals surface area contributed by atoms with Crippen LogP contribution in [0.2, 0.25) is 0 Å². The maximum absolute atomic E-state index is 11.0. The molecule has 0 rings (SSSR count). The van der Waals surface area contributed by atoms with E-state index in [-0.39, 0.29) is 18.2 Å². The fourth-order valence-corrected chi connectivity index (χ4v) is 1.80. The molecule has 0 aromatic heterocycles. The summed E-state index contributed by atoms with van der Waals surface area (Å²) in [5, 5.41) is 16.7. The van der Waals surface area contributed by atoms with Crippen molar-refractivity contribution in [2.75, 3.05) is 0 Å². The fraction of sp³-hybridized carbons (Fsp3) is 0.583. The van der Waals surface area contributed by atoms with Crippen molar-refractivity contribution in [3.05, 3.63) is 47.6 Å². The molecule has 0 heterocycles. The van der Waals surface area contributed by atoms with Gasteiger partial charge in [0.2, 0.25) is 0 Å². The number of carboxylic acids is 1. The van der Waals surface area contributed by atoms with Gasteiger partial charge in [-0.3, -0.25) is 0 Å². The Morgan fingerprint density at radius 3 is 1.62 bits per heavy atom. The van der Waals surface area contributed by atoms with E-state index in [1.165, 1.54) is 23.3 Å². The third kappa shape index (κ3) is 37.3. The van der Waals surface area contributed by atoms with Crippen LogP contribution in [0.4, 0.5) is 0 Å². The number of aliphatic hydroxyl groups is 1. The molecule has 0 aliphatic rings. The van der Waals surface area contributed by atoms with E-state index in [4.69, 9.17) is 14.9 Å². The van der Waals surface area contributed by atoms with Crippen LogP contribution in [0.3, 0.4) is 0 Å². The molecule has 5 heteroatoms. The molecule has 2 atom stereocenters. The summed E-state index contributed by atoms with van der Waals surface area (Å²) in [6, 6.07) is 0. The quantitative estimate of drug-likeness (QED) is 0.277. The van der Waals surface area contributed by atoms with Crippen LogP contribution < -0.4 is 0 Å². The Hall–Kier alpha value is -2.14. The van der Waals surface area contributed by atoms with E-state index >= 15 is 0 Å². The van der Waals surface area contributed by atoms with E-state index < -0.39 is 5.97 Å². The van der Waals surface area contributed by atoms with E-state index in [1.807, 2.05) is 13.8 Å². The third-order valence-electron chi connectivity index (χ3n) is 3.19. The fourth-order valence-electron chi connectivity index (χ4n) is 1.80. The van der Waals surface area contributed by atoms with E-state index in [1.54, 1.807) is 19.9 Å². The lowest BCUT2D eigenvalue weighted by atomic mass is 10.2. The van der Waals surface area contributed by atoms with Gasteiger partial charge in [0.25, 0.3) is 0 Å². The number of aliphatic carboxylic acids is 1. The van der Waals surface area contributed by atoms with Gasteiger partial charge in [-0.15, -0.1) is 0 Å². The summed E-state index contributed by atoms with van der Waals surface area (Å²) >= 11 is 0. The first-order chi connectivity index (χ1) is 13.5. The Kier molecular flexibility index (Phi) is 24.1. The molecule has 0 bridgehead atoms. The van der Waals surface area contributed by atoms with Gasteiger partial charge in [0.1, 0.15) is 0 Å². The van der Waals surface area contributed by atoms with Gasteiger partial charge in [-0.1, -0.05) is 35.5 Å². The van der Waals surface area contributed by atoms with Crippen molar-refractivity contribution in [2.24, 2.45) is 0 Å². The van der Waals surface area contributed by atoms with Gasteiger partial charge in [-0.05, 0) is 81.1 Å². The average molecular weight is 411 g/mol. The zero-order valence-electron chi connectivity index (χ0n) is 19.6. The Labute approximate surface area is 177 Å². The minimum atomic E-state index is -0.891. The van der Waals surface area contributed by atoms with E-state index in [2.05, 4.69) is 39.8 Å². The van der Waals surface area contributed by atoms with Crippen LogP contribution in [0, 0.1) is 0 Å². The minimum absolute atomic E-state index is 0.00528. The second kappa shape index (κ2) is 22.2. The molecular formula is C24H42O5. The monoisotopic (exact) mass is 410 g/mol. The molecule has 0 amide bonds. The normalized spacial score (nSPS) is 12.0. The van der Waals surface area contributed by atoms with Crippen molar-refractivity contribution in [2.45, 2.75) is 93.3 Å². The van der Waals surface area contributed by atoms with Crippen molar-refractivity contribution >= 4 is 11.9 Å². The van der Waals surface area contributed by atoms with Gasteiger partial charge in [0.15, 0.2) is 0 Å². The highest BCUT2D eigenvalue weighted by molar-refractivity contribution is 5.81. The second-order valence-electron chi connectivity index (χ2n) is 7.15. The van der Waals surface area contributed by atoms with Gasteiger partial charge < -0.3 is 14.9 Å². The maximum Gasteiger partial charge on any atom is 0.330 e. The van der Waals surface area contributed by atoms with E-state index in [0.29, 0.717) is 0 Å². The van der Waals surface area contributed by atoms with Gasteiger partial charge in [0, 0.05) is 12.2 Å². The van der Waals surface area contributed by atoms with Crippen molar-refractivity contribution in [1.82, 2.24) is 0 Å². The van der Waals surface area contributed by atoms with Crippen LogP contribution in [0.5, 0.6) is 0 Å². The highest BCUT2D eigenvalue weighted by Crippen LogP contribution is 2.05. The third-order valence-corrected chi connectivity index (χ3v) is 3.19. The predicted octanol–water partition coefficient (Wildman–Crippen LogP) is 6.00. The Bertz CT molecular complexity index is 531. The number of ether oxygens (including phenoxy) is 1. The molecule has 0 aliphatic heterocycles. The van der Waals surface area contributed by atoms with Crippen molar-refractivity contribution < 1.29 is 24.5 Å². The molecule has 0 aromatic rings. The Morgan fingerprint density at radius 1 is 0.862 bits per heavy atom. The number of hydrogen-bond acceptors (Lipinski definition) is 4. The number of carbonyl (C=O) groups is 2. The van der Waals surface area contributed by atoms with Crippen molar-refractivity contribution in [1.29, 1.82) is 0 Å².